The molecule has 1 N–H and O–H groups in total. The third-order valence-electron chi connectivity index (χ3n) is 20.8. The molecule has 0 unspecified atom stereocenters. The lowest BCUT2D eigenvalue weighted by Gasteiger charge is -2.52. The van der Waals surface area contributed by atoms with Crippen molar-refractivity contribution in [3.63, 3.8) is 0 Å². The minimum atomic E-state index is -0.148. The Balaban J connectivity index is 0.000000108. The highest BCUT2D eigenvalue weighted by atomic mass is 79.9. The number of anilines is 5. The minimum Gasteiger partial charge on any atom is -0.454 e. The van der Waals surface area contributed by atoms with Crippen LogP contribution in [-0.4, -0.2) is 0 Å². The second-order valence-corrected chi connectivity index (χ2v) is 26.3. The van der Waals surface area contributed by atoms with Gasteiger partial charge >= 0.3 is 0 Å². The first-order valence-corrected chi connectivity index (χ1v) is 33.4. The van der Waals surface area contributed by atoms with E-state index in [1.54, 1.807) is 0 Å². The molecule has 0 bridgehead atoms. The average Bonchev–Trinajstić information content (AvgIpc) is 1.13. The summed E-state index contributed by atoms with van der Waals surface area (Å²) < 4.78 is 13.9. The number of furan rings is 2. The van der Waals surface area contributed by atoms with Gasteiger partial charge in [-0.2, -0.15) is 0 Å². The molecule has 18 aromatic rings. The molecule has 0 atom stereocenters. The van der Waals surface area contributed by atoms with E-state index in [9.17, 15) is 0 Å². The van der Waals surface area contributed by atoms with Crippen LogP contribution in [0, 0.1) is 0 Å². The lowest BCUT2D eigenvalue weighted by Crippen LogP contribution is -2.43. The Labute approximate surface area is 556 Å². The lowest BCUT2D eigenvalue weighted by molar-refractivity contribution is 0.669. The van der Waals surface area contributed by atoms with Gasteiger partial charge in [0.2, 0.25) is 0 Å². The van der Waals surface area contributed by atoms with E-state index in [4.69, 9.17) is 8.83 Å². The molecule has 2 aromatic heterocycles. The van der Waals surface area contributed by atoms with Crippen LogP contribution in [0.1, 0.15) is 44.5 Å². The van der Waals surface area contributed by atoms with E-state index in [1.165, 1.54) is 114 Å². The zero-order chi connectivity index (χ0) is 62.5. The smallest absolute Gasteiger partial charge is 0.159 e. The summed E-state index contributed by atoms with van der Waals surface area (Å²) in [5, 5.41) is 19.0. The molecule has 4 aliphatic rings. The van der Waals surface area contributed by atoms with Gasteiger partial charge in [-0.05, 0) is 165 Å². The first-order valence-electron chi connectivity index (χ1n) is 32.6. The summed E-state index contributed by atoms with van der Waals surface area (Å²) in [6.07, 6.45) is 0. The van der Waals surface area contributed by atoms with E-state index in [2.05, 4.69) is 323 Å². The largest absolute Gasteiger partial charge is 0.454 e. The van der Waals surface area contributed by atoms with E-state index in [0.29, 0.717) is 0 Å². The number of nitrogens with one attached hydrogen (secondary N) is 1. The summed E-state index contributed by atoms with van der Waals surface area (Å²) in [6.45, 7) is 0. The number of para-hydroxylation sites is 4. The topological polar surface area (TPSA) is 41.6 Å². The molecule has 22 rings (SSSR count). The van der Waals surface area contributed by atoms with Gasteiger partial charge in [0.25, 0.3) is 0 Å². The number of hydrogen-bond donors (Lipinski definition) is 1. The minimum absolute atomic E-state index is 0.0195. The Morgan fingerprint density at radius 3 is 1.24 bits per heavy atom. The summed E-state index contributed by atoms with van der Waals surface area (Å²) in [7, 11) is 0. The maximum Gasteiger partial charge on any atom is 0.159 e. The number of rotatable bonds is 7. The predicted molar refractivity (Wildman–Crippen MR) is 398 cm³/mol. The van der Waals surface area contributed by atoms with Crippen LogP contribution >= 0.6 is 15.9 Å². The molecule has 95 heavy (non-hydrogen) atoms. The van der Waals surface area contributed by atoms with E-state index in [1.807, 2.05) is 30.3 Å². The van der Waals surface area contributed by atoms with Crippen LogP contribution in [0.2, 0.25) is 0 Å². The molecule has 16 aromatic carbocycles. The predicted octanol–water partition coefficient (Wildman–Crippen LogP) is 24.8. The summed E-state index contributed by atoms with van der Waals surface area (Å²) >= 11 is 3.70. The quantitative estimate of drug-likeness (QED) is 0.173. The van der Waals surface area contributed by atoms with E-state index >= 15 is 0 Å². The van der Waals surface area contributed by atoms with Crippen LogP contribution in [0.3, 0.4) is 0 Å². The molecular weight excluding hydrogens is 1220 g/mol. The standard InChI is InChI=1S/C45H27NO.C24H17NO.C21H11Br/c1-2-10-28(11-3-1)29-22-24-31(25-23-29)46(40-20-9-15-33-32-14-4-5-21-41(32)47-44(33)40)39-27-26-38-43-34(39)16-8-19-37(43)45(38)35-17-6-12-30-13-7-18-36(45)42(30)35;1-2-7-17(8-3-1)18-13-15-19(16-14-18)25-22-11-6-10-21-20-9-4-5-12-23(20)26-24(21)22;22-18-11-10-17-20-13(18)6-3-9-16(20)21(17)14-7-1-4-12-5-2-8-15(21)19(12)14/h1-27H;1-16,25H;1-11H. The van der Waals surface area contributed by atoms with Gasteiger partial charge in [-0.15, -0.1) is 0 Å². The SMILES string of the molecule is Brc1ccc2c3c(cccc13)C21c2cccc3cccc1c23.c1ccc(-c2ccc(N(c3ccc4c5c(cccc35)C43c4cccc5cccc3c45)c3cccc4c3oc3ccccc34)cc2)cc1.c1ccc(-c2ccc(Nc3cccc4c3oc3ccccc34)cc2)cc1. The number of hydrogen-bond acceptors (Lipinski definition) is 4. The summed E-state index contributed by atoms with van der Waals surface area (Å²) in [6, 6.07) is 117. The lowest BCUT2D eigenvalue weighted by atomic mass is 9.49. The van der Waals surface area contributed by atoms with Crippen LogP contribution in [0.4, 0.5) is 28.4 Å². The fourth-order valence-electron chi connectivity index (χ4n) is 16.8. The molecule has 2 spiro atoms. The third-order valence-corrected chi connectivity index (χ3v) is 21.5. The van der Waals surface area contributed by atoms with E-state index < -0.39 is 0 Å². The highest BCUT2D eigenvalue weighted by Gasteiger charge is 2.56. The van der Waals surface area contributed by atoms with E-state index in [0.717, 1.165) is 72.3 Å². The number of benzene rings is 16. The number of fused-ring (bicyclic) bond motifs is 14. The number of halogens is 1. The first-order chi connectivity index (χ1) is 47.0. The maximum absolute atomic E-state index is 6.64. The highest BCUT2D eigenvalue weighted by molar-refractivity contribution is 9.10. The Morgan fingerprint density at radius 2 is 0.674 bits per heavy atom. The van der Waals surface area contributed by atoms with Crippen molar-refractivity contribution >= 4 is 131 Å². The van der Waals surface area contributed by atoms with Crippen molar-refractivity contribution in [1.29, 1.82) is 0 Å². The molecule has 0 saturated carbocycles. The molecule has 0 radical (unpaired) electrons. The van der Waals surface area contributed by atoms with Crippen LogP contribution in [0.15, 0.2) is 341 Å². The zero-order valence-electron chi connectivity index (χ0n) is 51.3. The summed E-state index contributed by atoms with van der Waals surface area (Å²) in [5.74, 6) is 0. The Bertz CT molecular complexity index is 6100. The monoisotopic (exact) mass is 1270 g/mol. The van der Waals surface area contributed by atoms with Gasteiger partial charge in [-0.1, -0.05) is 283 Å². The molecule has 444 valence electrons. The van der Waals surface area contributed by atoms with Crippen LogP contribution in [0.5, 0.6) is 0 Å². The molecule has 5 heteroatoms. The molecule has 0 saturated heterocycles. The van der Waals surface area contributed by atoms with Crippen LogP contribution < -0.4 is 10.2 Å². The van der Waals surface area contributed by atoms with Gasteiger partial charge in [0.05, 0.1) is 27.9 Å². The van der Waals surface area contributed by atoms with Crippen molar-refractivity contribution in [1.82, 2.24) is 0 Å². The summed E-state index contributed by atoms with van der Waals surface area (Å²) in [4.78, 5) is 2.39. The Morgan fingerprint density at radius 1 is 0.274 bits per heavy atom. The van der Waals surface area contributed by atoms with Gasteiger partial charge in [-0.25, -0.2) is 0 Å². The molecule has 4 aliphatic carbocycles. The molecule has 0 aliphatic heterocycles. The second-order valence-electron chi connectivity index (χ2n) is 25.5. The maximum atomic E-state index is 6.64. The van der Waals surface area contributed by atoms with Gasteiger partial charge in [0.1, 0.15) is 11.2 Å². The van der Waals surface area contributed by atoms with Crippen molar-refractivity contribution in [3.05, 3.63) is 377 Å². The average molecular weight is 1280 g/mol. The summed E-state index contributed by atoms with van der Waals surface area (Å²) in [5.41, 5.74) is 25.1. The fraction of sp³-hybridized carbons (Fsp3) is 0.0222. The Kier molecular flexibility index (Phi) is 11.7. The van der Waals surface area contributed by atoms with Crippen molar-refractivity contribution in [2.45, 2.75) is 10.8 Å². The molecule has 0 amide bonds. The normalized spacial score (nSPS) is 13.5. The molecular formula is C90H55BrN2O2. The molecule has 0 fully saturated rings. The second kappa shape index (κ2) is 20.6. The zero-order valence-corrected chi connectivity index (χ0v) is 52.9. The molecule has 2 heterocycles. The van der Waals surface area contributed by atoms with E-state index in [-0.39, 0.29) is 10.8 Å². The molecule has 4 nitrogen and oxygen atoms in total. The third kappa shape index (κ3) is 7.58. The van der Waals surface area contributed by atoms with Crippen molar-refractivity contribution in [2.24, 2.45) is 0 Å². The van der Waals surface area contributed by atoms with Crippen molar-refractivity contribution < 1.29 is 8.83 Å². The van der Waals surface area contributed by atoms with Crippen LogP contribution in [-0.2, 0) is 10.8 Å². The highest BCUT2D eigenvalue weighted by Crippen LogP contribution is 2.67. The van der Waals surface area contributed by atoms with Gasteiger partial charge in [0.15, 0.2) is 11.2 Å². The van der Waals surface area contributed by atoms with Crippen molar-refractivity contribution in [3.8, 4) is 22.3 Å². The Hall–Kier alpha value is -11.8. The number of nitrogens with zero attached hydrogens (tertiary/aromatic N) is 1. The fourth-order valence-corrected chi connectivity index (χ4v) is 17.2. The van der Waals surface area contributed by atoms with Gasteiger partial charge in [0, 0.05) is 42.8 Å². The van der Waals surface area contributed by atoms with Gasteiger partial charge < -0.3 is 19.1 Å². The van der Waals surface area contributed by atoms with Crippen LogP contribution in [0.25, 0.3) is 109 Å². The first kappa shape index (κ1) is 53.9. The van der Waals surface area contributed by atoms with Gasteiger partial charge in [-0.3, -0.25) is 0 Å². The van der Waals surface area contributed by atoms with Crippen molar-refractivity contribution in [2.75, 3.05) is 10.2 Å².